The van der Waals surface area contributed by atoms with Gasteiger partial charge in [-0.2, -0.15) is 13.2 Å². The molecule has 154 valence electrons. The van der Waals surface area contributed by atoms with Crippen LogP contribution in [0.2, 0.25) is 0 Å². The van der Waals surface area contributed by atoms with Crippen molar-refractivity contribution < 1.29 is 22.3 Å². The van der Waals surface area contributed by atoms with E-state index >= 15 is 0 Å². The maximum atomic E-state index is 13.7. The average Bonchev–Trinajstić information content (AvgIpc) is 3.47. The molecule has 4 aromatic rings. The van der Waals surface area contributed by atoms with E-state index in [2.05, 4.69) is 4.98 Å². The smallest absolute Gasteiger partial charge is 0.420 e. The van der Waals surface area contributed by atoms with E-state index in [1.54, 1.807) is 18.5 Å². The summed E-state index contributed by atoms with van der Waals surface area (Å²) in [5, 5.41) is 0. The van der Waals surface area contributed by atoms with Crippen molar-refractivity contribution in [2.75, 3.05) is 13.3 Å². The van der Waals surface area contributed by atoms with Gasteiger partial charge >= 0.3 is 6.18 Å². The molecule has 3 aromatic heterocycles. The average molecular weight is 413 g/mol. The van der Waals surface area contributed by atoms with Crippen LogP contribution in [0, 0.1) is 0 Å². The number of furan rings is 1. The van der Waals surface area contributed by atoms with Crippen LogP contribution in [0.3, 0.4) is 0 Å². The molecule has 1 fully saturated rings. The summed E-state index contributed by atoms with van der Waals surface area (Å²) >= 11 is 0. The molecular weight excluding hydrogens is 395 g/mol. The second-order valence-electron chi connectivity index (χ2n) is 7.32. The number of ether oxygens (including phenoxy) is 1. The van der Waals surface area contributed by atoms with E-state index in [0.717, 1.165) is 11.6 Å². The molecule has 0 spiro atoms. The first-order valence-electron chi connectivity index (χ1n) is 9.48. The fourth-order valence-corrected chi connectivity index (χ4v) is 3.76. The molecule has 0 radical (unpaired) electrons. The third kappa shape index (κ3) is 3.59. The van der Waals surface area contributed by atoms with Crippen molar-refractivity contribution >= 4 is 5.65 Å². The first-order valence-corrected chi connectivity index (χ1v) is 9.48. The van der Waals surface area contributed by atoms with Gasteiger partial charge in [-0.15, -0.1) is 0 Å². The van der Waals surface area contributed by atoms with Gasteiger partial charge in [-0.3, -0.25) is 4.90 Å². The molecule has 1 aliphatic rings. The lowest BCUT2D eigenvalue weighted by atomic mass is 10.1. The molecule has 0 saturated carbocycles. The van der Waals surface area contributed by atoms with E-state index in [-0.39, 0.29) is 11.8 Å². The van der Waals surface area contributed by atoms with E-state index in [9.17, 15) is 13.2 Å². The van der Waals surface area contributed by atoms with E-state index in [1.807, 2.05) is 35.2 Å². The number of hydrogen-bond donors (Lipinski definition) is 0. The maximum absolute atomic E-state index is 13.7. The summed E-state index contributed by atoms with van der Waals surface area (Å²) in [6, 6.07) is 12.6. The molecule has 4 heterocycles. The summed E-state index contributed by atoms with van der Waals surface area (Å²) in [6.07, 6.45) is 1.57. The van der Waals surface area contributed by atoms with Crippen molar-refractivity contribution in [1.82, 2.24) is 14.3 Å². The van der Waals surface area contributed by atoms with Gasteiger partial charge in [0.2, 0.25) is 0 Å². The van der Waals surface area contributed by atoms with Crippen LogP contribution in [0.1, 0.15) is 22.9 Å². The van der Waals surface area contributed by atoms with Crippen LogP contribution in [-0.2, 0) is 17.5 Å². The minimum absolute atomic E-state index is 0.0540. The van der Waals surface area contributed by atoms with Crippen molar-refractivity contribution in [1.29, 1.82) is 0 Å². The Bertz CT molecular complexity index is 1150. The number of pyridine rings is 1. The number of rotatable bonds is 4. The lowest BCUT2D eigenvalue weighted by Gasteiger charge is -2.11. The Balaban J connectivity index is 1.43. The van der Waals surface area contributed by atoms with Gasteiger partial charge in [-0.25, -0.2) is 4.98 Å². The van der Waals surface area contributed by atoms with Crippen LogP contribution in [0.25, 0.3) is 16.8 Å². The fourth-order valence-electron chi connectivity index (χ4n) is 3.76. The number of imidazole rings is 1. The maximum Gasteiger partial charge on any atom is 0.420 e. The topological polar surface area (TPSA) is 42.9 Å². The molecule has 8 heteroatoms. The van der Waals surface area contributed by atoms with Gasteiger partial charge in [-0.1, -0.05) is 30.3 Å². The molecule has 1 atom stereocenters. The Kier molecular flexibility index (Phi) is 4.60. The van der Waals surface area contributed by atoms with E-state index < -0.39 is 11.7 Å². The van der Waals surface area contributed by atoms with Gasteiger partial charge in [0, 0.05) is 36.6 Å². The molecule has 0 bridgehead atoms. The Hall–Kier alpha value is -3.10. The Morgan fingerprint density at radius 3 is 2.63 bits per heavy atom. The van der Waals surface area contributed by atoms with Crippen molar-refractivity contribution in [2.45, 2.75) is 18.8 Å². The molecule has 1 aliphatic heterocycles. The second-order valence-corrected chi connectivity index (χ2v) is 7.32. The van der Waals surface area contributed by atoms with Crippen molar-refractivity contribution in [3.8, 4) is 11.1 Å². The van der Waals surface area contributed by atoms with E-state index in [0.29, 0.717) is 36.6 Å². The van der Waals surface area contributed by atoms with Crippen LogP contribution in [0.15, 0.2) is 71.8 Å². The lowest BCUT2D eigenvalue weighted by molar-refractivity contribution is -0.136. The van der Waals surface area contributed by atoms with Crippen molar-refractivity contribution in [2.24, 2.45) is 0 Å². The van der Waals surface area contributed by atoms with Crippen molar-refractivity contribution in [3.63, 3.8) is 0 Å². The highest BCUT2D eigenvalue weighted by atomic mass is 19.4. The first kappa shape index (κ1) is 18.9. The van der Waals surface area contributed by atoms with Crippen LogP contribution >= 0.6 is 0 Å². The molecule has 5 rings (SSSR count). The summed E-state index contributed by atoms with van der Waals surface area (Å²) in [4.78, 5) is 6.32. The summed E-state index contributed by atoms with van der Waals surface area (Å²) in [5.74, 6) is 0. The zero-order valence-corrected chi connectivity index (χ0v) is 15.8. The van der Waals surface area contributed by atoms with Gasteiger partial charge in [0.15, 0.2) is 0 Å². The van der Waals surface area contributed by atoms with Gasteiger partial charge in [-0.05, 0) is 17.7 Å². The molecule has 1 saturated heterocycles. The van der Waals surface area contributed by atoms with Gasteiger partial charge in [0.1, 0.15) is 12.4 Å². The summed E-state index contributed by atoms with van der Waals surface area (Å²) < 4.78 is 53.4. The summed E-state index contributed by atoms with van der Waals surface area (Å²) in [6.45, 7) is 1.47. The Morgan fingerprint density at radius 2 is 1.90 bits per heavy atom. The monoisotopic (exact) mass is 413 g/mol. The highest BCUT2D eigenvalue weighted by Gasteiger charge is 2.35. The standard InChI is InChI=1S/C22H18F3N3O2/c23-22(24,25)19-8-17(16-6-7-29-13-16)9-28-11-18(26-21(19)28)10-27-12-20(30-14-27)15-4-2-1-3-5-15/h1-9,11,13,20H,10,12,14H2. The quantitative estimate of drug-likeness (QED) is 0.464. The second kappa shape index (κ2) is 7.30. The number of hydrogen-bond acceptors (Lipinski definition) is 4. The minimum atomic E-state index is -4.52. The molecule has 0 amide bonds. The Morgan fingerprint density at radius 1 is 1.07 bits per heavy atom. The van der Waals surface area contributed by atoms with E-state index in [4.69, 9.17) is 9.15 Å². The van der Waals surface area contributed by atoms with Gasteiger partial charge in [0.25, 0.3) is 0 Å². The number of halogens is 3. The zero-order chi connectivity index (χ0) is 20.7. The first-order chi connectivity index (χ1) is 14.5. The lowest BCUT2D eigenvalue weighted by Crippen LogP contribution is -2.20. The molecule has 1 unspecified atom stereocenters. The number of aromatic nitrogens is 2. The molecule has 0 N–H and O–H groups in total. The normalized spacial score (nSPS) is 17.8. The fraction of sp³-hybridized carbons (Fsp3) is 0.227. The predicted octanol–water partition coefficient (Wildman–Crippen LogP) is 5.14. The summed E-state index contributed by atoms with van der Waals surface area (Å²) in [5.41, 5.74) is 1.76. The number of alkyl halides is 3. The predicted molar refractivity (Wildman–Crippen MR) is 103 cm³/mol. The summed E-state index contributed by atoms with van der Waals surface area (Å²) in [7, 11) is 0. The van der Waals surface area contributed by atoms with Crippen LogP contribution < -0.4 is 0 Å². The minimum Gasteiger partial charge on any atom is -0.472 e. The highest BCUT2D eigenvalue weighted by Crippen LogP contribution is 2.35. The van der Waals surface area contributed by atoms with Crippen LogP contribution in [-0.4, -0.2) is 27.6 Å². The number of fused-ring (bicyclic) bond motifs is 1. The van der Waals surface area contributed by atoms with Crippen LogP contribution in [0.4, 0.5) is 13.2 Å². The third-order valence-electron chi connectivity index (χ3n) is 5.20. The SMILES string of the molecule is FC(F)(F)c1cc(-c2ccoc2)cn2cc(CN3COC(c4ccccc4)C3)nc12. The molecule has 5 nitrogen and oxygen atoms in total. The molecular formula is C22H18F3N3O2. The molecule has 0 aliphatic carbocycles. The Labute approximate surface area is 170 Å². The number of benzene rings is 1. The third-order valence-corrected chi connectivity index (χ3v) is 5.20. The van der Waals surface area contributed by atoms with E-state index in [1.165, 1.54) is 16.9 Å². The van der Waals surface area contributed by atoms with Crippen LogP contribution in [0.5, 0.6) is 0 Å². The van der Waals surface area contributed by atoms with Crippen molar-refractivity contribution in [3.05, 3.63) is 84.2 Å². The largest absolute Gasteiger partial charge is 0.472 e. The number of nitrogens with zero attached hydrogens (tertiary/aromatic N) is 3. The van der Waals surface area contributed by atoms with Gasteiger partial charge in [0.05, 0.1) is 29.9 Å². The van der Waals surface area contributed by atoms with Gasteiger partial charge < -0.3 is 13.6 Å². The molecule has 30 heavy (non-hydrogen) atoms. The molecule has 1 aromatic carbocycles. The highest BCUT2D eigenvalue weighted by molar-refractivity contribution is 5.67. The zero-order valence-electron chi connectivity index (χ0n) is 15.8.